The molecule has 1 heterocycles. The minimum absolute atomic E-state index is 0.118. The van der Waals surface area contributed by atoms with Crippen molar-refractivity contribution in [2.24, 2.45) is 0 Å². The van der Waals surface area contributed by atoms with Crippen LogP contribution in [0.1, 0.15) is 43.9 Å². The number of para-hydroxylation sites is 1. The Balaban J connectivity index is 1.74. The predicted molar refractivity (Wildman–Crippen MR) is 122 cm³/mol. The van der Waals surface area contributed by atoms with Gasteiger partial charge in [0.1, 0.15) is 5.75 Å². The summed E-state index contributed by atoms with van der Waals surface area (Å²) in [4.78, 5) is 15.6. The monoisotopic (exact) mass is 399 g/mol. The van der Waals surface area contributed by atoms with Crippen molar-refractivity contribution >= 4 is 11.6 Å². The van der Waals surface area contributed by atoms with Gasteiger partial charge in [0.05, 0.1) is 13.5 Å². The summed E-state index contributed by atoms with van der Waals surface area (Å²) < 4.78 is 5.24. The van der Waals surface area contributed by atoms with Crippen LogP contribution in [-0.4, -0.2) is 18.6 Å². The van der Waals surface area contributed by atoms with E-state index >= 15 is 0 Å². The first kappa shape index (κ1) is 20.2. The Hall–Kier alpha value is -3.07. The molecule has 1 amide bonds. The summed E-state index contributed by atoms with van der Waals surface area (Å²) in [6, 6.07) is 26.7. The highest BCUT2D eigenvalue weighted by atomic mass is 16.5. The number of nitrogens with zero attached hydrogens (tertiary/aromatic N) is 1. The van der Waals surface area contributed by atoms with E-state index in [1.54, 1.807) is 7.11 Å². The fourth-order valence-electron chi connectivity index (χ4n) is 5.03. The molecule has 0 N–H and O–H groups in total. The van der Waals surface area contributed by atoms with E-state index in [4.69, 9.17) is 4.74 Å². The Morgan fingerprint density at radius 3 is 2.20 bits per heavy atom. The number of benzene rings is 3. The molecule has 3 heteroatoms. The zero-order chi connectivity index (χ0) is 21.4. The molecule has 3 aromatic rings. The SMILES string of the molecule is COc1ccc(CC(=O)N2c3ccccc3[C@](C)(c3ccccc3)CC2(C)C)cc1. The minimum Gasteiger partial charge on any atom is -0.497 e. The molecule has 3 aromatic carbocycles. The van der Waals surface area contributed by atoms with Gasteiger partial charge in [0, 0.05) is 16.6 Å². The average molecular weight is 400 g/mol. The maximum absolute atomic E-state index is 13.5. The Kier molecular flexibility index (Phi) is 5.15. The van der Waals surface area contributed by atoms with Crippen molar-refractivity contribution < 1.29 is 9.53 Å². The third-order valence-corrected chi connectivity index (χ3v) is 6.31. The smallest absolute Gasteiger partial charge is 0.231 e. The highest BCUT2D eigenvalue weighted by molar-refractivity contribution is 5.98. The maximum Gasteiger partial charge on any atom is 0.231 e. The van der Waals surface area contributed by atoms with Gasteiger partial charge in [-0.05, 0) is 55.2 Å². The van der Waals surface area contributed by atoms with Crippen molar-refractivity contribution in [2.75, 3.05) is 12.0 Å². The Labute approximate surface area is 179 Å². The third kappa shape index (κ3) is 3.49. The molecule has 1 atom stereocenters. The summed E-state index contributed by atoms with van der Waals surface area (Å²) in [7, 11) is 1.65. The number of ether oxygens (including phenoxy) is 1. The van der Waals surface area contributed by atoms with Crippen LogP contribution >= 0.6 is 0 Å². The molecule has 0 spiro atoms. The van der Waals surface area contributed by atoms with Gasteiger partial charge in [-0.3, -0.25) is 4.79 Å². The number of amides is 1. The van der Waals surface area contributed by atoms with Gasteiger partial charge in [-0.15, -0.1) is 0 Å². The lowest BCUT2D eigenvalue weighted by Gasteiger charge is -2.51. The number of hydrogen-bond donors (Lipinski definition) is 0. The zero-order valence-corrected chi connectivity index (χ0v) is 18.2. The van der Waals surface area contributed by atoms with E-state index in [-0.39, 0.29) is 16.9 Å². The Morgan fingerprint density at radius 1 is 0.900 bits per heavy atom. The fourth-order valence-corrected chi connectivity index (χ4v) is 5.03. The second-order valence-electron chi connectivity index (χ2n) is 8.96. The number of rotatable bonds is 4. The quantitative estimate of drug-likeness (QED) is 0.558. The van der Waals surface area contributed by atoms with E-state index in [1.807, 2.05) is 35.2 Å². The van der Waals surface area contributed by atoms with Crippen molar-refractivity contribution in [3.05, 3.63) is 95.6 Å². The van der Waals surface area contributed by atoms with E-state index < -0.39 is 0 Å². The molecule has 1 aliphatic rings. The molecule has 1 aliphatic heterocycles. The minimum atomic E-state index is -0.317. The van der Waals surface area contributed by atoms with Gasteiger partial charge in [0.2, 0.25) is 5.91 Å². The van der Waals surface area contributed by atoms with Crippen LogP contribution < -0.4 is 9.64 Å². The van der Waals surface area contributed by atoms with E-state index in [2.05, 4.69) is 69.3 Å². The second-order valence-corrected chi connectivity index (χ2v) is 8.96. The van der Waals surface area contributed by atoms with Crippen LogP contribution in [-0.2, 0) is 16.6 Å². The largest absolute Gasteiger partial charge is 0.497 e. The number of hydrogen-bond acceptors (Lipinski definition) is 2. The van der Waals surface area contributed by atoms with Gasteiger partial charge in [-0.1, -0.05) is 67.6 Å². The molecule has 4 rings (SSSR count). The number of fused-ring (bicyclic) bond motifs is 1. The van der Waals surface area contributed by atoms with Crippen LogP contribution in [0.25, 0.3) is 0 Å². The van der Waals surface area contributed by atoms with Crippen molar-refractivity contribution in [3.63, 3.8) is 0 Å². The maximum atomic E-state index is 13.5. The Morgan fingerprint density at radius 2 is 1.53 bits per heavy atom. The number of carbonyl (C=O) groups excluding carboxylic acids is 1. The average Bonchev–Trinajstić information content (AvgIpc) is 2.74. The summed E-state index contributed by atoms with van der Waals surface area (Å²) >= 11 is 0. The number of anilines is 1. The molecule has 0 radical (unpaired) electrons. The van der Waals surface area contributed by atoms with Gasteiger partial charge in [0.25, 0.3) is 0 Å². The van der Waals surface area contributed by atoms with E-state index in [1.165, 1.54) is 11.1 Å². The highest BCUT2D eigenvalue weighted by Crippen LogP contribution is 2.50. The van der Waals surface area contributed by atoms with E-state index in [9.17, 15) is 4.79 Å². The summed E-state index contributed by atoms with van der Waals surface area (Å²) in [5.41, 5.74) is 4.02. The summed E-state index contributed by atoms with van der Waals surface area (Å²) in [5.74, 6) is 0.918. The van der Waals surface area contributed by atoms with Crippen LogP contribution in [0.4, 0.5) is 5.69 Å². The van der Waals surface area contributed by atoms with Crippen molar-refractivity contribution in [1.29, 1.82) is 0 Å². The van der Waals surface area contributed by atoms with Crippen LogP contribution in [0.15, 0.2) is 78.9 Å². The summed E-state index contributed by atoms with van der Waals surface area (Å²) in [5, 5.41) is 0. The number of methoxy groups -OCH3 is 1. The number of carbonyl (C=O) groups is 1. The first-order chi connectivity index (χ1) is 14.3. The van der Waals surface area contributed by atoms with Crippen molar-refractivity contribution in [1.82, 2.24) is 0 Å². The molecule has 0 aromatic heterocycles. The van der Waals surface area contributed by atoms with Crippen LogP contribution in [0.3, 0.4) is 0 Å². The Bertz CT molecular complexity index is 1040. The molecule has 0 aliphatic carbocycles. The summed E-state index contributed by atoms with van der Waals surface area (Å²) in [6.07, 6.45) is 1.22. The van der Waals surface area contributed by atoms with Crippen LogP contribution in [0, 0.1) is 0 Å². The van der Waals surface area contributed by atoms with Gasteiger partial charge < -0.3 is 9.64 Å². The topological polar surface area (TPSA) is 29.5 Å². The normalized spacial score (nSPS) is 19.8. The first-order valence-corrected chi connectivity index (χ1v) is 10.5. The second kappa shape index (κ2) is 7.64. The lowest BCUT2D eigenvalue weighted by atomic mass is 9.65. The molecule has 3 nitrogen and oxygen atoms in total. The van der Waals surface area contributed by atoms with Gasteiger partial charge in [-0.2, -0.15) is 0 Å². The third-order valence-electron chi connectivity index (χ3n) is 6.31. The van der Waals surface area contributed by atoms with Crippen LogP contribution in [0.5, 0.6) is 5.75 Å². The molecular formula is C27H29NO2. The molecule has 0 bridgehead atoms. The highest BCUT2D eigenvalue weighted by Gasteiger charge is 2.47. The molecule has 0 saturated heterocycles. The van der Waals surface area contributed by atoms with Gasteiger partial charge in [-0.25, -0.2) is 0 Å². The van der Waals surface area contributed by atoms with Crippen LogP contribution in [0.2, 0.25) is 0 Å². The van der Waals surface area contributed by atoms with E-state index in [0.29, 0.717) is 6.42 Å². The molecule has 30 heavy (non-hydrogen) atoms. The van der Waals surface area contributed by atoms with Gasteiger partial charge in [0.15, 0.2) is 0 Å². The van der Waals surface area contributed by atoms with Crippen molar-refractivity contribution in [3.8, 4) is 5.75 Å². The molecule has 154 valence electrons. The molecule has 0 fully saturated rings. The standard InChI is InChI=1S/C27H29NO2/c1-26(2)19-27(3,21-10-6-5-7-11-21)23-12-8-9-13-24(23)28(26)25(29)18-20-14-16-22(30-4)17-15-20/h5-17H,18-19H2,1-4H3/t27-/m0/s1. The zero-order valence-electron chi connectivity index (χ0n) is 18.2. The molecule has 0 saturated carbocycles. The fraction of sp³-hybridized carbons (Fsp3) is 0.296. The predicted octanol–water partition coefficient (Wildman–Crippen LogP) is 5.76. The first-order valence-electron chi connectivity index (χ1n) is 10.5. The molecular weight excluding hydrogens is 370 g/mol. The lowest BCUT2D eigenvalue weighted by Crippen LogP contribution is -2.56. The lowest BCUT2D eigenvalue weighted by molar-refractivity contribution is -0.119. The van der Waals surface area contributed by atoms with Gasteiger partial charge >= 0.3 is 0 Å². The van der Waals surface area contributed by atoms with E-state index in [0.717, 1.165) is 23.4 Å². The van der Waals surface area contributed by atoms with Crippen molar-refractivity contribution in [2.45, 2.75) is 44.6 Å². The molecule has 0 unspecified atom stereocenters. The summed E-state index contributed by atoms with van der Waals surface area (Å²) in [6.45, 7) is 6.65.